The van der Waals surface area contributed by atoms with Crippen molar-refractivity contribution in [2.24, 2.45) is 0 Å². The Morgan fingerprint density at radius 1 is 0.242 bits per heavy atom. The van der Waals surface area contributed by atoms with Gasteiger partial charge in [-0.1, -0.05) is 152 Å². The average Bonchev–Trinajstić information content (AvgIpc) is 3.86. The maximum Gasteiger partial charge on any atom is 0.138 e. The smallest absolute Gasteiger partial charge is 0.138 e. The molecule has 3 heteroatoms. The van der Waals surface area contributed by atoms with Gasteiger partial charge in [-0.2, -0.15) is 0 Å². The summed E-state index contributed by atoms with van der Waals surface area (Å²) in [7, 11) is 0. The largest absolute Gasteiger partial charge is 0.309 e. The Balaban J connectivity index is 0.904. The molecule has 3 aromatic heterocycles. The van der Waals surface area contributed by atoms with E-state index < -0.39 is 0 Å². The fraction of sp³-hybridized carbons (Fsp3) is 0. The number of aromatic nitrogens is 3. The molecule has 0 radical (unpaired) electrons. The van der Waals surface area contributed by atoms with Crippen LogP contribution in [0.1, 0.15) is 0 Å². The maximum absolute atomic E-state index is 5.38. The van der Waals surface area contributed by atoms with Gasteiger partial charge in [0.15, 0.2) is 0 Å². The van der Waals surface area contributed by atoms with Crippen molar-refractivity contribution in [3.63, 3.8) is 0 Å². The Kier molecular flexibility index (Phi) is 7.60. The van der Waals surface area contributed by atoms with E-state index in [0.29, 0.717) is 0 Å². The maximum atomic E-state index is 5.38. The lowest BCUT2D eigenvalue weighted by Crippen LogP contribution is -1.98. The van der Waals surface area contributed by atoms with E-state index in [-0.39, 0.29) is 0 Å². The number of para-hydroxylation sites is 3. The van der Waals surface area contributed by atoms with Gasteiger partial charge >= 0.3 is 0 Å². The first kappa shape index (κ1) is 34.6. The van der Waals surface area contributed by atoms with Crippen LogP contribution in [0, 0.1) is 0 Å². The molecule has 0 saturated carbocycles. The second-order valence-electron chi connectivity index (χ2n) is 16.3. The summed E-state index contributed by atoms with van der Waals surface area (Å²) in [6.45, 7) is 0. The zero-order chi connectivity index (χ0) is 40.7. The molecule has 0 amide bonds. The van der Waals surface area contributed by atoms with E-state index >= 15 is 0 Å². The summed E-state index contributed by atoms with van der Waals surface area (Å²) in [5.41, 5.74) is 12.6. The van der Waals surface area contributed by atoms with Gasteiger partial charge in [0.25, 0.3) is 0 Å². The second-order valence-corrected chi connectivity index (χ2v) is 16.3. The van der Waals surface area contributed by atoms with Crippen molar-refractivity contribution < 1.29 is 0 Å². The van der Waals surface area contributed by atoms with Gasteiger partial charge in [0.1, 0.15) is 5.82 Å². The monoisotopic (exact) mass is 787 g/mol. The van der Waals surface area contributed by atoms with Crippen LogP contribution in [-0.2, 0) is 0 Å². The molecule has 0 aliphatic carbocycles. The zero-order valence-electron chi connectivity index (χ0n) is 33.7. The lowest BCUT2D eigenvalue weighted by atomic mass is 9.92. The fourth-order valence-corrected chi connectivity index (χ4v) is 10.1. The summed E-state index contributed by atoms with van der Waals surface area (Å²) < 4.78 is 4.69. The third kappa shape index (κ3) is 5.28. The van der Waals surface area contributed by atoms with Gasteiger partial charge in [-0.05, 0) is 127 Å². The first-order valence-electron chi connectivity index (χ1n) is 21.3. The lowest BCUT2D eigenvalue weighted by molar-refractivity contribution is 1.08. The molecule has 288 valence electrons. The van der Waals surface area contributed by atoms with Gasteiger partial charge in [0, 0.05) is 32.8 Å². The molecule has 13 aromatic rings. The summed E-state index contributed by atoms with van der Waals surface area (Å²) in [4.78, 5) is 5.38. The first-order valence-corrected chi connectivity index (χ1v) is 21.3. The second kappa shape index (κ2) is 13.6. The average molecular weight is 788 g/mol. The van der Waals surface area contributed by atoms with Crippen molar-refractivity contribution in [1.82, 2.24) is 14.1 Å². The predicted octanol–water partition coefficient (Wildman–Crippen LogP) is 15.7. The number of hydrogen-bond donors (Lipinski definition) is 0. The van der Waals surface area contributed by atoms with Gasteiger partial charge in [0.2, 0.25) is 0 Å². The molecule has 62 heavy (non-hydrogen) atoms. The van der Waals surface area contributed by atoms with Crippen molar-refractivity contribution in [2.45, 2.75) is 0 Å². The van der Waals surface area contributed by atoms with Crippen LogP contribution in [0.2, 0.25) is 0 Å². The summed E-state index contributed by atoms with van der Waals surface area (Å²) in [5.74, 6) is 0.894. The number of hydrogen-bond acceptors (Lipinski definition) is 1. The van der Waals surface area contributed by atoms with E-state index in [0.717, 1.165) is 28.1 Å². The lowest BCUT2D eigenvalue weighted by Gasteiger charge is -2.13. The minimum atomic E-state index is 0.894. The predicted molar refractivity (Wildman–Crippen MR) is 262 cm³/mol. The highest BCUT2D eigenvalue weighted by Crippen LogP contribution is 2.40. The Hall–Kier alpha value is -8.27. The molecule has 0 unspecified atom stereocenters. The Bertz CT molecular complexity index is 3890. The third-order valence-electron chi connectivity index (χ3n) is 12.9. The van der Waals surface area contributed by atoms with Crippen molar-refractivity contribution in [1.29, 1.82) is 0 Å². The minimum Gasteiger partial charge on any atom is -0.309 e. The highest BCUT2D eigenvalue weighted by Gasteiger charge is 2.17. The molecule has 0 N–H and O–H groups in total. The van der Waals surface area contributed by atoms with Gasteiger partial charge in [0.05, 0.1) is 27.8 Å². The molecule has 0 spiro atoms. The molecule has 3 nitrogen and oxygen atoms in total. The first-order chi connectivity index (χ1) is 30.7. The highest BCUT2D eigenvalue weighted by atomic mass is 15.1. The van der Waals surface area contributed by atoms with Gasteiger partial charge in [-0.3, -0.25) is 4.57 Å². The molecule has 0 bridgehead atoms. The van der Waals surface area contributed by atoms with Crippen LogP contribution in [0.4, 0.5) is 0 Å². The number of pyridine rings is 1. The molecule has 0 aliphatic heterocycles. The molecule has 0 atom stereocenters. The van der Waals surface area contributed by atoms with Gasteiger partial charge < -0.3 is 4.57 Å². The van der Waals surface area contributed by atoms with Crippen molar-refractivity contribution >= 4 is 75.9 Å². The third-order valence-corrected chi connectivity index (χ3v) is 12.9. The molecule has 0 aliphatic rings. The van der Waals surface area contributed by atoms with Crippen LogP contribution in [-0.4, -0.2) is 14.1 Å². The minimum absolute atomic E-state index is 0.894. The molecular formula is C59H37N3. The van der Waals surface area contributed by atoms with Crippen LogP contribution in [0.5, 0.6) is 0 Å². The SMILES string of the molecule is c1ccc(-n2c3ccccc3c3cc(-c4ccc5c(c4)c4ccccc4n5-c4cccc(-c5cccc(-c6ccc7c8ccccc8c8ccccc8c7c6)c5)n4)ccc32)cc1. The molecule has 0 saturated heterocycles. The topological polar surface area (TPSA) is 22.8 Å². The summed E-state index contributed by atoms with van der Waals surface area (Å²) in [5, 5.41) is 12.6. The molecule has 13 rings (SSSR count). The Morgan fingerprint density at radius 2 is 0.677 bits per heavy atom. The van der Waals surface area contributed by atoms with Gasteiger partial charge in [-0.15, -0.1) is 0 Å². The molecular weight excluding hydrogens is 751 g/mol. The van der Waals surface area contributed by atoms with Crippen LogP contribution in [0.3, 0.4) is 0 Å². The highest BCUT2D eigenvalue weighted by molar-refractivity contribution is 6.25. The van der Waals surface area contributed by atoms with Crippen LogP contribution < -0.4 is 0 Å². The molecule has 0 fully saturated rings. The molecule has 10 aromatic carbocycles. The standard InChI is InChI=1S/C59H37N3/c1-2-16-43(17-3-1)61-55-25-10-8-22-49(55)52-36-40(29-32-57(52)61)41-30-33-58-53(37-41)50-23-9-11-26-56(50)62(58)59-27-13-24-54(60-59)42-15-12-14-38(34-42)39-28-31-48-46-20-5-4-18-44(46)45-19-6-7-21-47(45)51(48)35-39/h1-37H. The quantitative estimate of drug-likeness (QED) is 0.159. The summed E-state index contributed by atoms with van der Waals surface area (Å²) in [6.07, 6.45) is 0. The van der Waals surface area contributed by atoms with Crippen LogP contribution in [0.15, 0.2) is 224 Å². The number of benzene rings is 10. The van der Waals surface area contributed by atoms with Crippen molar-refractivity contribution in [3.05, 3.63) is 224 Å². The van der Waals surface area contributed by atoms with Crippen molar-refractivity contribution in [2.75, 3.05) is 0 Å². The normalized spacial score (nSPS) is 11.9. The van der Waals surface area contributed by atoms with E-state index in [1.807, 2.05) is 0 Å². The Labute approximate surface area is 358 Å². The zero-order valence-corrected chi connectivity index (χ0v) is 33.7. The van der Waals surface area contributed by atoms with E-state index in [9.17, 15) is 0 Å². The van der Waals surface area contributed by atoms with Crippen LogP contribution >= 0.6 is 0 Å². The Morgan fingerprint density at radius 3 is 1.32 bits per heavy atom. The van der Waals surface area contributed by atoms with Crippen molar-refractivity contribution in [3.8, 4) is 45.0 Å². The van der Waals surface area contributed by atoms with E-state index in [2.05, 4.69) is 234 Å². The summed E-state index contributed by atoms with van der Waals surface area (Å²) >= 11 is 0. The molecule has 3 heterocycles. The van der Waals surface area contributed by atoms with E-state index in [1.165, 1.54) is 92.8 Å². The number of rotatable bonds is 5. The van der Waals surface area contributed by atoms with Gasteiger partial charge in [-0.25, -0.2) is 4.98 Å². The van der Waals surface area contributed by atoms with E-state index in [4.69, 9.17) is 4.98 Å². The number of nitrogens with zero attached hydrogens (tertiary/aromatic N) is 3. The number of fused-ring (bicyclic) bond motifs is 12. The van der Waals surface area contributed by atoms with Crippen LogP contribution in [0.25, 0.3) is 121 Å². The summed E-state index contributed by atoms with van der Waals surface area (Å²) in [6, 6.07) is 81.5. The fourth-order valence-electron chi connectivity index (χ4n) is 10.1. The van der Waals surface area contributed by atoms with E-state index in [1.54, 1.807) is 0 Å².